The quantitative estimate of drug-likeness (QED) is 0.0614. The Labute approximate surface area is 425 Å². The molecule has 0 aromatic carbocycles. The molecule has 0 aromatic heterocycles. The van der Waals surface area contributed by atoms with Gasteiger partial charge in [-0.05, 0) is 141 Å². The number of cyclic esters (lactones) is 1. The molecule has 3 heterocycles. The van der Waals surface area contributed by atoms with Crippen molar-refractivity contribution in [2.24, 2.45) is 28.8 Å². The zero-order valence-corrected chi connectivity index (χ0v) is 49.3. The van der Waals surface area contributed by atoms with Crippen LogP contribution in [0.15, 0.2) is 5.16 Å². The molecule has 0 spiro atoms. The van der Waals surface area contributed by atoms with E-state index in [9.17, 15) is 20.1 Å². The molecule has 3 saturated heterocycles. The number of nitrogens with zero attached hydrogens (tertiary/aromatic N) is 2. The summed E-state index contributed by atoms with van der Waals surface area (Å²) in [5.74, 6) is -4.82. The summed E-state index contributed by atoms with van der Waals surface area (Å²) in [7, 11) is 1.42. The molecular weight excluding hydrogens is 933 g/mol. The van der Waals surface area contributed by atoms with Gasteiger partial charge in [0.2, 0.25) is 5.79 Å². The Morgan fingerprint density at radius 1 is 0.829 bits per heavy atom. The fourth-order valence-corrected chi connectivity index (χ4v) is 13.9. The predicted octanol–water partition coefficient (Wildman–Crippen LogP) is 8.39. The van der Waals surface area contributed by atoms with Crippen LogP contribution in [0.4, 0.5) is 0 Å². The predicted molar refractivity (Wildman–Crippen MR) is 276 cm³/mol. The maximum atomic E-state index is 14.8. The lowest BCUT2D eigenvalue weighted by Crippen LogP contribution is -2.62. The molecule has 0 radical (unpaired) electrons. The van der Waals surface area contributed by atoms with Crippen molar-refractivity contribution in [3.05, 3.63) is 0 Å². The van der Waals surface area contributed by atoms with Gasteiger partial charge in [0.1, 0.15) is 17.8 Å². The van der Waals surface area contributed by atoms with Crippen molar-refractivity contribution in [1.29, 1.82) is 0 Å². The molecule has 18 heteroatoms. The second kappa shape index (κ2) is 24.3. The molecule has 4 aliphatic rings. The molecule has 0 unspecified atom stereocenters. The van der Waals surface area contributed by atoms with Gasteiger partial charge < -0.3 is 67.1 Å². The number of ether oxygens (including phenoxy) is 7. The minimum Gasteiger partial charge on any atom is -0.459 e. The summed E-state index contributed by atoms with van der Waals surface area (Å²) in [6.45, 7) is 35.1. The van der Waals surface area contributed by atoms with Crippen molar-refractivity contribution in [2.45, 2.75) is 276 Å². The number of hydrogen-bond donors (Lipinski definition) is 3. The highest BCUT2D eigenvalue weighted by Gasteiger charge is 2.55. The van der Waals surface area contributed by atoms with Crippen LogP contribution in [0.2, 0.25) is 39.3 Å². The van der Waals surface area contributed by atoms with Crippen molar-refractivity contribution >= 4 is 28.3 Å². The number of hydrogen-bond acceptors (Lipinski definition) is 16. The normalized spacial score (nSPS) is 42.7. The van der Waals surface area contributed by atoms with Crippen LogP contribution >= 0.6 is 0 Å². The Balaban J connectivity index is 1.96. The van der Waals surface area contributed by atoms with Gasteiger partial charge in [-0.3, -0.25) is 4.79 Å². The molecule has 410 valence electrons. The van der Waals surface area contributed by atoms with E-state index < -0.39 is 124 Å². The highest BCUT2D eigenvalue weighted by Crippen LogP contribution is 2.43. The number of aliphatic hydroxyl groups is 3. The molecule has 1 saturated carbocycles. The smallest absolute Gasteiger partial charge is 0.311 e. The molecular formula is C52H100N2O14Si2. The zero-order chi connectivity index (χ0) is 53.1. The van der Waals surface area contributed by atoms with Crippen molar-refractivity contribution in [2.75, 3.05) is 21.2 Å². The van der Waals surface area contributed by atoms with Gasteiger partial charge >= 0.3 is 5.97 Å². The van der Waals surface area contributed by atoms with Gasteiger partial charge in [0.25, 0.3) is 0 Å². The molecule has 4 rings (SSSR count). The average molecular weight is 1030 g/mol. The molecule has 3 N–H and O–H groups in total. The first-order valence-corrected chi connectivity index (χ1v) is 33.4. The number of carbonyl (C=O) groups is 1. The second-order valence-electron chi connectivity index (χ2n) is 24.7. The summed E-state index contributed by atoms with van der Waals surface area (Å²) < 4.78 is 60.5. The molecule has 1 aliphatic carbocycles. The maximum Gasteiger partial charge on any atom is 0.311 e. The lowest BCUT2D eigenvalue weighted by atomic mass is 9.73. The summed E-state index contributed by atoms with van der Waals surface area (Å²) in [4.78, 5) is 23.5. The first-order valence-electron chi connectivity index (χ1n) is 26.6. The van der Waals surface area contributed by atoms with E-state index >= 15 is 0 Å². The molecule has 70 heavy (non-hydrogen) atoms. The third kappa shape index (κ3) is 15.5. The van der Waals surface area contributed by atoms with Crippen molar-refractivity contribution in [3.63, 3.8) is 0 Å². The van der Waals surface area contributed by atoms with Gasteiger partial charge in [-0.25, -0.2) is 0 Å². The van der Waals surface area contributed by atoms with Crippen LogP contribution < -0.4 is 0 Å². The number of esters is 1. The van der Waals surface area contributed by atoms with Crippen LogP contribution in [0, 0.1) is 23.7 Å². The SMILES string of the molecule is CC[C@H]1OC(=O)[C@H](C)[C@@H](O[C@H]2C[C@@](C)(OC)[C@@H](O[Si](C)(C)C)[C@H](C)O2)[C@H](C)[C@@H](O[C@@H]2O[C@H](C)C[C@H](N(C)C)[C@H]2O[Si](C)(C)C)[C@](C)(O)C[C@@H](C)/C(=N\OC2(OC(C)C)CCCCC2)[C@H](C)[C@@H](O)[C@]1(C)O. The number of methoxy groups -OCH3 is 1. The largest absolute Gasteiger partial charge is 0.459 e. The molecule has 16 nitrogen and oxygen atoms in total. The minimum absolute atomic E-state index is 0.0531. The van der Waals surface area contributed by atoms with Gasteiger partial charge in [0.05, 0.1) is 65.6 Å². The Kier molecular flexibility index (Phi) is 21.3. The van der Waals surface area contributed by atoms with Crippen LogP contribution in [0.3, 0.4) is 0 Å². The van der Waals surface area contributed by atoms with Crippen molar-refractivity contribution in [3.8, 4) is 0 Å². The fraction of sp³-hybridized carbons (Fsp3) is 0.962. The van der Waals surface area contributed by atoms with E-state index in [1.54, 1.807) is 34.8 Å². The minimum atomic E-state index is -2.23. The first kappa shape index (κ1) is 61.4. The molecule has 0 amide bonds. The molecule has 0 bridgehead atoms. The summed E-state index contributed by atoms with van der Waals surface area (Å²) in [6.07, 6.45) is -2.93. The average Bonchev–Trinajstić information content (AvgIpc) is 3.23. The van der Waals surface area contributed by atoms with E-state index in [4.69, 9.17) is 52.0 Å². The van der Waals surface area contributed by atoms with E-state index in [1.165, 1.54) is 6.92 Å². The fourth-order valence-electron chi connectivity index (χ4n) is 11.6. The van der Waals surface area contributed by atoms with E-state index in [2.05, 4.69) is 44.2 Å². The lowest BCUT2D eigenvalue weighted by molar-refractivity contribution is -0.315. The monoisotopic (exact) mass is 1030 g/mol. The molecule has 3 aliphatic heterocycles. The van der Waals surface area contributed by atoms with E-state index in [-0.39, 0.29) is 37.5 Å². The third-order valence-corrected chi connectivity index (χ3v) is 17.1. The highest BCUT2D eigenvalue weighted by molar-refractivity contribution is 6.70. The lowest BCUT2D eigenvalue weighted by Gasteiger charge is -2.51. The number of rotatable bonds is 15. The summed E-state index contributed by atoms with van der Waals surface area (Å²) in [5.41, 5.74) is -4.07. The molecule has 18 atom stereocenters. The van der Waals surface area contributed by atoms with Gasteiger partial charge in [0, 0.05) is 50.2 Å². The Bertz CT molecular complexity index is 1680. The molecule has 4 fully saturated rings. The topological polar surface area (TPSA) is 186 Å². The van der Waals surface area contributed by atoms with Crippen LogP contribution in [0.25, 0.3) is 0 Å². The summed E-state index contributed by atoms with van der Waals surface area (Å²) >= 11 is 0. The Morgan fingerprint density at radius 3 is 1.96 bits per heavy atom. The summed E-state index contributed by atoms with van der Waals surface area (Å²) in [6, 6.07) is -0.0774. The number of oxime groups is 1. The summed E-state index contributed by atoms with van der Waals surface area (Å²) in [5, 5.41) is 43.0. The Morgan fingerprint density at radius 2 is 1.43 bits per heavy atom. The molecule has 0 aromatic rings. The Hall–Kier alpha value is -1.11. The number of aliphatic hydroxyl groups excluding tert-OH is 1. The van der Waals surface area contributed by atoms with Gasteiger partial charge in [-0.2, -0.15) is 0 Å². The highest BCUT2D eigenvalue weighted by atomic mass is 28.4. The van der Waals surface area contributed by atoms with Crippen LogP contribution in [-0.4, -0.2) is 166 Å². The van der Waals surface area contributed by atoms with Gasteiger partial charge in [-0.15, -0.1) is 0 Å². The van der Waals surface area contributed by atoms with E-state index in [0.717, 1.165) is 19.3 Å². The second-order valence-corrected chi connectivity index (χ2v) is 33.6. The van der Waals surface area contributed by atoms with Crippen LogP contribution in [0.1, 0.15) is 141 Å². The van der Waals surface area contributed by atoms with Gasteiger partial charge in [0.15, 0.2) is 29.2 Å². The maximum absolute atomic E-state index is 14.8. The van der Waals surface area contributed by atoms with E-state index in [0.29, 0.717) is 25.0 Å². The van der Waals surface area contributed by atoms with Crippen molar-refractivity contribution < 1.29 is 67.0 Å². The third-order valence-electron chi connectivity index (χ3n) is 15.1. The number of carbonyl (C=O) groups excluding carboxylic acids is 1. The first-order chi connectivity index (χ1) is 32.1. The zero-order valence-electron chi connectivity index (χ0n) is 47.3. The standard InChI is InChI=1S/C52H100N2O14Si2/c1-22-39-51(12,58)44(55)34(6)41(53-68-52(65-31(2)3)26-24-23-25-27-52)32(4)29-49(10,57)45(64-48-43(66-69(16,17)18)38(54(13)14)28-33(5)60-48)35(7)42(36(8)47(56)62-39)63-40-30-50(11,59-15)46(37(9)61-40)67-70(19,20)21/h31-40,42-46,48,55,57-58H,22-30H2,1-21H3/b53-41+/t32-,33-,34+,35+,36-,37+,38+,39-,40+,42+,43-,44-,45-,46+,48+,49-,50-,51-/m1/s1. The van der Waals surface area contributed by atoms with E-state index in [1.807, 2.05) is 62.6 Å². The van der Waals surface area contributed by atoms with Crippen LogP contribution in [0.5, 0.6) is 0 Å². The van der Waals surface area contributed by atoms with Crippen molar-refractivity contribution in [1.82, 2.24) is 4.90 Å². The van der Waals surface area contributed by atoms with Gasteiger partial charge in [-0.1, -0.05) is 39.3 Å². The number of likely N-dealkylation sites (N-methyl/N-ethyl adjacent to an activating group) is 1. The van der Waals surface area contributed by atoms with Crippen LogP contribution in [-0.2, 0) is 51.6 Å².